The molecular weight excluding hydrogens is 164 g/mol. The number of carbonyl (C=O) groups excluding carboxylic acids is 1. The normalized spacial score (nSPS) is 17.2. The van der Waals surface area contributed by atoms with Crippen molar-refractivity contribution in [3.8, 4) is 0 Å². The molecule has 0 bridgehead atoms. The Balaban J connectivity index is 4.42. The van der Waals surface area contributed by atoms with Crippen molar-refractivity contribution in [2.75, 3.05) is 7.05 Å². The maximum absolute atomic E-state index is 11.0. The van der Waals surface area contributed by atoms with Crippen LogP contribution in [0.15, 0.2) is 0 Å². The summed E-state index contributed by atoms with van der Waals surface area (Å²) < 4.78 is 0. The zero-order valence-corrected chi connectivity index (χ0v) is 9.59. The number of rotatable bonds is 3. The second kappa shape index (κ2) is 4.09. The van der Waals surface area contributed by atoms with Gasteiger partial charge in [0.25, 0.3) is 0 Å². The zero-order chi connectivity index (χ0) is 10.8. The topological polar surface area (TPSA) is 46.3 Å². The highest BCUT2D eigenvalue weighted by Gasteiger charge is 2.28. The molecule has 0 aromatic rings. The van der Waals surface area contributed by atoms with Crippen LogP contribution in [0.2, 0.25) is 0 Å². The fraction of sp³-hybridized carbons (Fsp3) is 0.900. The number of hydrogen-bond acceptors (Lipinski definition) is 2. The molecule has 0 aromatic carbocycles. The second-order valence-corrected chi connectivity index (χ2v) is 4.79. The fourth-order valence-electron chi connectivity index (χ4n) is 1.15. The first-order valence-corrected chi connectivity index (χ1v) is 4.69. The van der Waals surface area contributed by atoms with E-state index in [1.807, 2.05) is 18.9 Å². The van der Waals surface area contributed by atoms with Crippen LogP contribution >= 0.6 is 0 Å². The Morgan fingerprint density at radius 1 is 1.31 bits per heavy atom. The van der Waals surface area contributed by atoms with Gasteiger partial charge in [-0.15, -0.1) is 0 Å². The summed E-state index contributed by atoms with van der Waals surface area (Å²) in [5, 5.41) is 0. The Kier molecular flexibility index (Phi) is 3.91. The SMILES string of the molecule is CC(C(N)=O)N(C)C(C)C(C)(C)C. The van der Waals surface area contributed by atoms with Gasteiger partial charge < -0.3 is 5.73 Å². The van der Waals surface area contributed by atoms with Gasteiger partial charge in [-0.3, -0.25) is 9.69 Å². The van der Waals surface area contributed by atoms with Gasteiger partial charge in [0.05, 0.1) is 6.04 Å². The van der Waals surface area contributed by atoms with Crippen LogP contribution < -0.4 is 5.73 Å². The quantitative estimate of drug-likeness (QED) is 0.720. The smallest absolute Gasteiger partial charge is 0.234 e. The number of hydrogen-bond donors (Lipinski definition) is 1. The molecule has 0 aromatic heterocycles. The predicted octanol–water partition coefficient (Wildman–Crippen LogP) is 1.23. The molecule has 0 saturated carbocycles. The predicted molar refractivity (Wildman–Crippen MR) is 55.3 cm³/mol. The molecule has 0 aliphatic carbocycles. The number of primary amides is 1. The molecule has 0 aliphatic heterocycles. The maximum Gasteiger partial charge on any atom is 0.234 e. The van der Waals surface area contributed by atoms with Gasteiger partial charge in [-0.1, -0.05) is 20.8 Å². The summed E-state index contributed by atoms with van der Waals surface area (Å²) in [6, 6.07) is 0.129. The summed E-state index contributed by atoms with van der Waals surface area (Å²) >= 11 is 0. The van der Waals surface area contributed by atoms with Gasteiger partial charge in [0.15, 0.2) is 0 Å². The van der Waals surface area contributed by atoms with Crippen LogP contribution in [0.4, 0.5) is 0 Å². The minimum Gasteiger partial charge on any atom is -0.368 e. The van der Waals surface area contributed by atoms with E-state index in [1.54, 1.807) is 0 Å². The summed E-state index contributed by atoms with van der Waals surface area (Å²) in [4.78, 5) is 13.0. The second-order valence-electron chi connectivity index (χ2n) is 4.79. The minimum atomic E-state index is -0.265. The zero-order valence-electron chi connectivity index (χ0n) is 9.59. The third-order valence-electron chi connectivity index (χ3n) is 2.89. The number of amides is 1. The summed E-state index contributed by atoms with van der Waals surface area (Å²) in [6.45, 7) is 10.4. The molecule has 2 unspecified atom stereocenters. The van der Waals surface area contributed by atoms with E-state index in [4.69, 9.17) is 5.73 Å². The first kappa shape index (κ1) is 12.4. The van der Waals surface area contributed by atoms with Crippen LogP contribution in [0.1, 0.15) is 34.6 Å². The number of nitrogens with zero attached hydrogens (tertiary/aromatic N) is 1. The van der Waals surface area contributed by atoms with Crippen molar-refractivity contribution < 1.29 is 4.79 Å². The molecule has 0 fully saturated rings. The maximum atomic E-state index is 11.0. The average Bonchev–Trinajstić information content (AvgIpc) is 1.98. The van der Waals surface area contributed by atoms with Gasteiger partial charge in [0.1, 0.15) is 0 Å². The fourth-order valence-corrected chi connectivity index (χ4v) is 1.15. The van der Waals surface area contributed by atoms with Gasteiger partial charge >= 0.3 is 0 Å². The van der Waals surface area contributed by atoms with Gasteiger partial charge in [-0.2, -0.15) is 0 Å². The first-order valence-electron chi connectivity index (χ1n) is 4.69. The molecule has 0 radical (unpaired) electrons. The molecule has 1 amide bonds. The van der Waals surface area contributed by atoms with Crippen molar-refractivity contribution in [3.05, 3.63) is 0 Å². The van der Waals surface area contributed by atoms with Crippen LogP contribution in [0.5, 0.6) is 0 Å². The van der Waals surface area contributed by atoms with E-state index in [1.165, 1.54) is 0 Å². The standard InChI is InChI=1S/C10H22N2O/c1-7(9(11)13)12(6)8(2)10(3,4)5/h7-8H,1-6H3,(H2,11,13). The Bertz CT molecular complexity index is 184. The Labute approximate surface area is 81.3 Å². The van der Waals surface area contributed by atoms with Crippen LogP contribution in [0, 0.1) is 5.41 Å². The summed E-state index contributed by atoms with van der Waals surface area (Å²) in [5.41, 5.74) is 5.40. The van der Waals surface area contributed by atoms with Crippen molar-refractivity contribution in [1.29, 1.82) is 0 Å². The molecule has 0 saturated heterocycles. The van der Waals surface area contributed by atoms with Crippen LogP contribution in [-0.4, -0.2) is 29.9 Å². The van der Waals surface area contributed by atoms with Crippen molar-refractivity contribution >= 4 is 5.91 Å². The van der Waals surface area contributed by atoms with E-state index in [-0.39, 0.29) is 17.4 Å². The molecule has 2 N–H and O–H groups in total. The summed E-state index contributed by atoms with van der Waals surface area (Å²) in [5.74, 6) is -0.265. The van der Waals surface area contributed by atoms with E-state index >= 15 is 0 Å². The van der Waals surface area contributed by atoms with Crippen molar-refractivity contribution in [2.24, 2.45) is 11.1 Å². The van der Waals surface area contributed by atoms with Crippen LogP contribution in [0.3, 0.4) is 0 Å². The Morgan fingerprint density at radius 3 is 1.92 bits per heavy atom. The summed E-state index contributed by atoms with van der Waals surface area (Å²) in [7, 11) is 1.94. The molecule has 3 heteroatoms. The molecule has 0 rings (SSSR count). The van der Waals surface area contributed by atoms with E-state index in [9.17, 15) is 4.79 Å². The molecular formula is C10H22N2O. The van der Waals surface area contributed by atoms with Crippen LogP contribution in [0.25, 0.3) is 0 Å². The van der Waals surface area contributed by atoms with Crippen molar-refractivity contribution in [3.63, 3.8) is 0 Å². The first-order chi connectivity index (χ1) is 5.68. The van der Waals surface area contributed by atoms with Crippen LogP contribution in [-0.2, 0) is 4.79 Å². The third-order valence-corrected chi connectivity index (χ3v) is 2.89. The van der Waals surface area contributed by atoms with E-state index in [0.29, 0.717) is 6.04 Å². The van der Waals surface area contributed by atoms with Crippen molar-refractivity contribution in [1.82, 2.24) is 4.90 Å². The lowest BCUT2D eigenvalue weighted by atomic mass is 9.86. The summed E-state index contributed by atoms with van der Waals surface area (Å²) in [6.07, 6.45) is 0. The molecule has 3 nitrogen and oxygen atoms in total. The highest BCUT2D eigenvalue weighted by Crippen LogP contribution is 2.24. The average molecular weight is 186 g/mol. The minimum absolute atomic E-state index is 0.165. The molecule has 78 valence electrons. The number of carbonyl (C=O) groups is 1. The lowest BCUT2D eigenvalue weighted by Gasteiger charge is -2.37. The van der Waals surface area contributed by atoms with E-state index < -0.39 is 0 Å². The highest BCUT2D eigenvalue weighted by molar-refractivity contribution is 5.79. The van der Waals surface area contributed by atoms with E-state index in [0.717, 1.165) is 0 Å². The van der Waals surface area contributed by atoms with Gasteiger partial charge in [0, 0.05) is 6.04 Å². The molecule has 2 atom stereocenters. The van der Waals surface area contributed by atoms with E-state index in [2.05, 4.69) is 27.7 Å². The highest BCUT2D eigenvalue weighted by atomic mass is 16.1. The molecule has 13 heavy (non-hydrogen) atoms. The molecule has 0 aliphatic rings. The van der Waals surface area contributed by atoms with Crippen molar-refractivity contribution in [2.45, 2.75) is 46.7 Å². The number of likely N-dealkylation sites (N-methyl/N-ethyl adjacent to an activating group) is 1. The lowest BCUT2D eigenvalue weighted by Crippen LogP contribution is -2.49. The number of nitrogens with two attached hydrogens (primary N) is 1. The third kappa shape index (κ3) is 3.35. The monoisotopic (exact) mass is 186 g/mol. The van der Waals surface area contributed by atoms with Gasteiger partial charge in [-0.25, -0.2) is 0 Å². The molecule has 0 heterocycles. The lowest BCUT2D eigenvalue weighted by molar-refractivity contribution is -0.123. The van der Waals surface area contributed by atoms with Gasteiger partial charge in [-0.05, 0) is 26.3 Å². The Morgan fingerprint density at radius 2 is 1.69 bits per heavy atom. The van der Waals surface area contributed by atoms with Gasteiger partial charge in [0.2, 0.25) is 5.91 Å². The largest absolute Gasteiger partial charge is 0.368 e. The molecule has 0 spiro atoms. The Hall–Kier alpha value is -0.570.